The van der Waals surface area contributed by atoms with Gasteiger partial charge in [0.05, 0.1) is 0 Å². The van der Waals surface area contributed by atoms with E-state index in [9.17, 15) is 4.39 Å². The summed E-state index contributed by atoms with van der Waals surface area (Å²) in [4.78, 5) is 5.07. The summed E-state index contributed by atoms with van der Waals surface area (Å²) in [7, 11) is 0. The van der Waals surface area contributed by atoms with Crippen LogP contribution in [-0.2, 0) is 6.54 Å². The van der Waals surface area contributed by atoms with Gasteiger partial charge in [-0.2, -0.15) is 0 Å². The van der Waals surface area contributed by atoms with Crippen LogP contribution in [0.4, 0.5) is 4.39 Å². The van der Waals surface area contributed by atoms with Gasteiger partial charge >= 0.3 is 0 Å². The summed E-state index contributed by atoms with van der Waals surface area (Å²) in [5.74, 6) is -0.232. The first kappa shape index (κ1) is 15.1. The third-order valence-electron chi connectivity index (χ3n) is 5.38. The quantitative estimate of drug-likeness (QED) is 0.868. The minimum atomic E-state index is -0.232. The second-order valence-corrected chi connectivity index (χ2v) is 6.87. The van der Waals surface area contributed by atoms with E-state index < -0.39 is 0 Å². The first-order valence-corrected chi connectivity index (χ1v) is 8.80. The maximum atomic E-state index is 13.4. The Hall–Kier alpha value is -1.46. The van der Waals surface area contributed by atoms with Crippen LogP contribution in [0.15, 0.2) is 22.7 Å². The molecule has 5 heteroatoms. The van der Waals surface area contributed by atoms with Crippen molar-refractivity contribution >= 4 is 11.0 Å². The normalized spacial score (nSPS) is 22.0. The van der Waals surface area contributed by atoms with Gasteiger partial charge in [0.1, 0.15) is 11.5 Å². The lowest BCUT2D eigenvalue weighted by molar-refractivity contribution is 0.0746. The zero-order valence-electron chi connectivity index (χ0n) is 13.5. The maximum Gasteiger partial charge on any atom is 0.167 e. The summed E-state index contributed by atoms with van der Waals surface area (Å²) in [5.41, 5.74) is 1.52. The molecule has 0 amide bonds. The average Bonchev–Trinajstić information content (AvgIpc) is 2.98. The molecule has 124 valence electrons. The predicted molar refractivity (Wildman–Crippen MR) is 87.7 cm³/mol. The van der Waals surface area contributed by atoms with E-state index in [1.165, 1.54) is 44.2 Å². The average molecular weight is 317 g/mol. The second-order valence-electron chi connectivity index (χ2n) is 6.87. The zero-order valence-corrected chi connectivity index (χ0v) is 13.5. The molecule has 0 radical (unpaired) electrons. The van der Waals surface area contributed by atoms with E-state index in [2.05, 4.69) is 15.0 Å². The van der Waals surface area contributed by atoms with Crippen molar-refractivity contribution in [3.8, 4) is 0 Å². The lowest BCUT2D eigenvalue weighted by Gasteiger charge is -2.40. The molecule has 1 aromatic carbocycles. The highest BCUT2D eigenvalue weighted by molar-refractivity contribution is 5.79. The van der Waals surface area contributed by atoms with Crippen LogP contribution < -0.4 is 0 Å². The smallest absolute Gasteiger partial charge is 0.167 e. The number of aromatic nitrogens is 1. The molecule has 2 aliphatic rings. The summed E-state index contributed by atoms with van der Waals surface area (Å²) in [5, 5.41) is 4.95. The minimum absolute atomic E-state index is 0.232. The van der Waals surface area contributed by atoms with Gasteiger partial charge in [-0.3, -0.25) is 9.80 Å². The number of rotatable bonds is 3. The van der Waals surface area contributed by atoms with E-state index in [-0.39, 0.29) is 5.82 Å². The van der Waals surface area contributed by atoms with E-state index >= 15 is 0 Å². The van der Waals surface area contributed by atoms with Gasteiger partial charge in [-0.25, -0.2) is 4.39 Å². The molecule has 0 unspecified atom stereocenters. The van der Waals surface area contributed by atoms with Gasteiger partial charge < -0.3 is 4.52 Å². The molecular formula is C18H24FN3O. The molecule has 0 N–H and O–H groups in total. The first-order chi connectivity index (χ1) is 11.3. The molecule has 2 fully saturated rings. The van der Waals surface area contributed by atoms with E-state index in [1.807, 2.05) is 0 Å². The molecular weight excluding hydrogens is 293 g/mol. The van der Waals surface area contributed by atoms with E-state index in [0.29, 0.717) is 5.58 Å². The van der Waals surface area contributed by atoms with Crippen molar-refractivity contribution in [1.82, 2.24) is 15.0 Å². The Morgan fingerprint density at radius 2 is 1.87 bits per heavy atom. The van der Waals surface area contributed by atoms with E-state index in [0.717, 1.165) is 49.8 Å². The molecule has 1 aliphatic carbocycles. The number of hydrogen-bond acceptors (Lipinski definition) is 4. The highest BCUT2D eigenvalue weighted by atomic mass is 19.1. The van der Waals surface area contributed by atoms with Gasteiger partial charge in [-0.15, -0.1) is 0 Å². The van der Waals surface area contributed by atoms with Crippen molar-refractivity contribution in [3.05, 3.63) is 29.7 Å². The van der Waals surface area contributed by atoms with Crippen LogP contribution in [0.5, 0.6) is 0 Å². The van der Waals surface area contributed by atoms with Crippen molar-refractivity contribution < 1.29 is 8.91 Å². The Kier molecular flexibility index (Phi) is 4.31. The van der Waals surface area contributed by atoms with Crippen molar-refractivity contribution in [2.24, 2.45) is 0 Å². The molecule has 1 saturated carbocycles. The highest BCUT2D eigenvalue weighted by Crippen LogP contribution is 2.25. The monoisotopic (exact) mass is 317 g/mol. The van der Waals surface area contributed by atoms with Crippen molar-refractivity contribution in [2.75, 3.05) is 26.2 Å². The maximum absolute atomic E-state index is 13.4. The summed E-state index contributed by atoms with van der Waals surface area (Å²) in [6, 6.07) is 5.40. The number of halogens is 1. The van der Waals surface area contributed by atoms with Gasteiger partial charge in [-0.05, 0) is 31.0 Å². The summed E-state index contributed by atoms with van der Waals surface area (Å²) >= 11 is 0. The van der Waals surface area contributed by atoms with Gasteiger partial charge in [0.25, 0.3) is 0 Å². The molecule has 0 atom stereocenters. The van der Waals surface area contributed by atoms with E-state index in [1.54, 1.807) is 6.07 Å². The number of nitrogens with zero attached hydrogens (tertiary/aromatic N) is 3. The van der Waals surface area contributed by atoms with Gasteiger partial charge in [0.2, 0.25) is 0 Å². The number of benzene rings is 1. The third kappa shape index (κ3) is 3.26. The fourth-order valence-corrected chi connectivity index (χ4v) is 4.02. The predicted octanol–water partition coefficient (Wildman–Crippen LogP) is 3.42. The Morgan fingerprint density at radius 1 is 1.09 bits per heavy atom. The van der Waals surface area contributed by atoms with E-state index in [4.69, 9.17) is 4.52 Å². The number of hydrogen-bond donors (Lipinski definition) is 0. The first-order valence-electron chi connectivity index (χ1n) is 8.80. The second kappa shape index (κ2) is 6.57. The molecule has 2 heterocycles. The van der Waals surface area contributed by atoms with Crippen molar-refractivity contribution in [3.63, 3.8) is 0 Å². The Labute approximate surface area is 136 Å². The van der Waals surface area contributed by atoms with Crippen LogP contribution in [-0.4, -0.2) is 47.2 Å². The van der Waals surface area contributed by atoms with Crippen LogP contribution in [0.3, 0.4) is 0 Å². The van der Waals surface area contributed by atoms with Crippen LogP contribution in [0.2, 0.25) is 0 Å². The number of piperazine rings is 1. The lowest BCUT2D eigenvalue weighted by atomic mass is 9.94. The van der Waals surface area contributed by atoms with Gasteiger partial charge in [0, 0.05) is 44.2 Å². The molecule has 0 spiro atoms. The van der Waals surface area contributed by atoms with Gasteiger partial charge in [-0.1, -0.05) is 24.4 Å². The summed E-state index contributed by atoms with van der Waals surface area (Å²) in [6.45, 7) is 5.12. The van der Waals surface area contributed by atoms with Gasteiger partial charge in [0.15, 0.2) is 5.58 Å². The fourth-order valence-electron chi connectivity index (χ4n) is 4.02. The molecule has 1 aromatic heterocycles. The minimum Gasteiger partial charge on any atom is -0.356 e. The third-order valence-corrected chi connectivity index (χ3v) is 5.38. The molecule has 0 bridgehead atoms. The standard InChI is InChI=1S/C18H24FN3O/c19-14-6-7-18-16(12-14)17(20-23-18)13-21-8-10-22(11-9-21)15-4-2-1-3-5-15/h6-7,12,15H,1-5,8-11,13H2. The molecule has 4 nitrogen and oxygen atoms in total. The Bertz CT molecular complexity index is 657. The van der Waals surface area contributed by atoms with Crippen LogP contribution in [0.25, 0.3) is 11.0 Å². The highest BCUT2D eigenvalue weighted by Gasteiger charge is 2.25. The summed E-state index contributed by atoms with van der Waals surface area (Å²) < 4.78 is 18.7. The Balaban J connectivity index is 1.37. The SMILES string of the molecule is Fc1ccc2onc(CN3CCN(C4CCCCC4)CC3)c2c1. The topological polar surface area (TPSA) is 32.5 Å². The molecule has 4 rings (SSSR count). The zero-order chi connectivity index (χ0) is 15.6. The fraction of sp³-hybridized carbons (Fsp3) is 0.611. The van der Waals surface area contributed by atoms with Crippen LogP contribution >= 0.6 is 0 Å². The van der Waals surface area contributed by atoms with Crippen molar-refractivity contribution in [2.45, 2.75) is 44.7 Å². The lowest BCUT2D eigenvalue weighted by Crippen LogP contribution is -2.50. The largest absolute Gasteiger partial charge is 0.356 e. The molecule has 23 heavy (non-hydrogen) atoms. The molecule has 2 aromatic rings. The Morgan fingerprint density at radius 3 is 2.65 bits per heavy atom. The van der Waals surface area contributed by atoms with Crippen LogP contribution in [0.1, 0.15) is 37.8 Å². The van der Waals surface area contributed by atoms with Crippen molar-refractivity contribution in [1.29, 1.82) is 0 Å². The molecule has 1 saturated heterocycles. The van der Waals surface area contributed by atoms with Crippen LogP contribution in [0, 0.1) is 5.82 Å². The number of fused-ring (bicyclic) bond motifs is 1. The summed E-state index contributed by atoms with van der Waals surface area (Å²) in [6.07, 6.45) is 6.93. The molecule has 1 aliphatic heterocycles.